The van der Waals surface area contributed by atoms with Gasteiger partial charge in [-0.1, -0.05) is 6.58 Å². The third-order valence-corrected chi connectivity index (χ3v) is 4.51. The maximum absolute atomic E-state index is 12.4. The van der Waals surface area contributed by atoms with Gasteiger partial charge < -0.3 is 19.7 Å². The molecule has 0 aliphatic carbocycles. The van der Waals surface area contributed by atoms with Gasteiger partial charge in [0, 0.05) is 25.2 Å². The van der Waals surface area contributed by atoms with Gasteiger partial charge in [0.05, 0.1) is 5.69 Å². The molecule has 0 spiro atoms. The number of hydrogen-bond acceptors (Lipinski definition) is 4. The molecule has 2 heterocycles. The van der Waals surface area contributed by atoms with Crippen LogP contribution in [0.3, 0.4) is 0 Å². The summed E-state index contributed by atoms with van der Waals surface area (Å²) in [5.41, 5.74) is 5.26. The van der Waals surface area contributed by atoms with Crippen molar-refractivity contribution in [3.63, 3.8) is 0 Å². The first-order valence-corrected chi connectivity index (χ1v) is 8.95. The van der Waals surface area contributed by atoms with Crippen molar-refractivity contribution in [3.05, 3.63) is 29.3 Å². The third kappa shape index (κ3) is 3.75. The molecule has 0 radical (unpaired) electrons. The number of rotatable bonds is 1. The van der Waals surface area contributed by atoms with E-state index < -0.39 is 5.60 Å². The number of nitrogens with zero attached hydrogens (tertiary/aromatic N) is 1. The van der Waals surface area contributed by atoms with Crippen LogP contribution in [0.5, 0.6) is 5.75 Å². The quantitative estimate of drug-likeness (QED) is 0.840. The van der Waals surface area contributed by atoms with E-state index in [4.69, 9.17) is 9.47 Å². The molecule has 2 aliphatic rings. The summed E-state index contributed by atoms with van der Waals surface area (Å²) in [7, 11) is 0. The Morgan fingerprint density at radius 2 is 2.04 bits per heavy atom. The van der Waals surface area contributed by atoms with Gasteiger partial charge in [-0.15, -0.1) is 0 Å². The predicted molar refractivity (Wildman–Crippen MR) is 100 cm³/mol. The molecule has 0 unspecified atom stereocenters. The molecular weight excluding hydrogens is 316 g/mol. The second-order valence-electron chi connectivity index (χ2n) is 7.79. The van der Waals surface area contributed by atoms with Crippen molar-refractivity contribution in [1.82, 2.24) is 4.90 Å². The Labute approximate surface area is 150 Å². The average Bonchev–Trinajstić information content (AvgIpc) is 2.73. The first-order valence-electron chi connectivity index (χ1n) is 8.95. The Kier molecular flexibility index (Phi) is 4.67. The van der Waals surface area contributed by atoms with Crippen LogP contribution in [0.25, 0.3) is 5.57 Å². The Balaban J connectivity index is 1.90. The second-order valence-corrected chi connectivity index (χ2v) is 7.79. The highest BCUT2D eigenvalue weighted by Gasteiger charge is 2.27. The molecule has 1 amide bonds. The van der Waals surface area contributed by atoms with Crippen molar-refractivity contribution >= 4 is 17.4 Å². The summed E-state index contributed by atoms with van der Waals surface area (Å²) in [5, 5.41) is 3.46. The van der Waals surface area contributed by atoms with E-state index in [0.717, 1.165) is 42.0 Å². The Morgan fingerprint density at radius 3 is 2.72 bits per heavy atom. The number of carbonyl (C=O) groups is 1. The largest absolute Gasteiger partial charge is 0.490 e. The SMILES string of the molecule is C=C(C)c1c2c(cc3c1NCCO3)CCN(C(=O)OC(C)(C)C)CC2. The number of ether oxygens (including phenoxy) is 2. The number of amides is 1. The van der Waals surface area contributed by atoms with Crippen molar-refractivity contribution in [3.8, 4) is 5.75 Å². The Bertz CT molecular complexity index is 704. The van der Waals surface area contributed by atoms with Crippen LogP contribution in [0.15, 0.2) is 12.6 Å². The van der Waals surface area contributed by atoms with Crippen LogP contribution in [0.1, 0.15) is 44.4 Å². The van der Waals surface area contributed by atoms with Crippen LogP contribution in [-0.2, 0) is 17.6 Å². The highest BCUT2D eigenvalue weighted by Crippen LogP contribution is 2.40. The molecule has 136 valence electrons. The monoisotopic (exact) mass is 344 g/mol. The van der Waals surface area contributed by atoms with Crippen molar-refractivity contribution in [2.24, 2.45) is 0 Å². The first kappa shape index (κ1) is 17.6. The van der Waals surface area contributed by atoms with Gasteiger partial charge in [0.25, 0.3) is 0 Å². The first-order chi connectivity index (χ1) is 11.8. The molecule has 0 fully saturated rings. The van der Waals surface area contributed by atoms with Gasteiger partial charge in [0.1, 0.15) is 18.0 Å². The van der Waals surface area contributed by atoms with Crippen LogP contribution in [0, 0.1) is 0 Å². The molecule has 0 saturated carbocycles. The molecule has 3 rings (SSSR count). The minimum absolute atomic E-state index is 0.240. The lowest BCUT2D eigenvalue weighted by atomic mass is 9.91. The lowest BCUT2D eigenvalue weighted by Crippen LogP contribution is -2.38. The van der Waals surface area contributed by atoms with Gasteiger partial charge >= 0.3 is 6.09 Å². The van der Waals surface area contributed by atoms with Gasteiger partial charge in [-0.2, -0.15) is 0 Å². The van der Waals surface area contributed by atoms with E-state index >= 15 is 0 Å². The number of benzene rings is 1. The fourth-order valence-electron chi connectivity index (χ4n) is 3.48. The van der Waals surface area contributed by atoms with E-state index in [-0.39, 0.29) is 6.09 Å². The highest BCUT2D eigenvalue weighted by molar-refractivity contribution is 5.82. The molecule has 25 heavy (non-hydrogen) atoms. The number of fused-ring (bicyclic) bond motifs is 2. The zero-order valence-corrected chi connectivity index (χ0v) is 15.7. The van der Waals surface area contributed by atoms with E-state index in [0.29, 0.717) is 19.7 Å². The van der Waals surface area contributed by atoms with Crippen LogP contribution in [0.2, 0.25) is 0 Å². The van der Waals surface area contributed by atoms with E-state index in [9.17, 15) is 4.79 Å². The molecule has 0 bridgehead atoms. The summed E-state index contributed by atoms with van der Waals surface area (Å²) in [4.78, 5) is 14.2. The van der Waals surface area contributed by atoms with Gasteiger partial charge in [-0.3, -0.25) is 0 Å². The molecule has 0 saturated heterocycles. The molecule has 1 N–H and O–H groups in total. The summed E-state index contributed by atoms with van der Waals surface area (Å²) in [6.07, 6.45) is 1.35. The van der Waals surface area contributed by atoms with E-state index in [2.05, 4.69) is 18.0 Å². The third-order valence-electron chi connectivity index (χ3n) is 4.51. The van der Waals surface area contributed by atoms with Gasteiger partial charge in [0.2, 0.25) is 0 Å². The fraction of sp³-hybridized carbons (Fsp3) is 0.550. The number of allylic oxidation sites excluding steroid dienone is 1. The minimum Gasteiger partial charge on any atom is -0.490 e. The summed E-state index contributed by atoms with van der Waals surface area (Å²) < 4.78 is 11.4. The lowest BCUT2D eigenvalue weighted by molar-refractivity contribution is 0.0258. The highest BCUT2D eigenvalue weighted by atomic mass is 16.6. The Morgan fingerprint density at radius 1 is 1.32 bits per heavy atom. The number of carbonyl (C=O) groups excluding carboxylic acids is 1. The van der Waals surface area contributed by atoms with E-state index in [1.807, 2.05) is 27.7 Å². The maximum atomic E-state index is 12.4. The summed E-state index contributed by atoms with van der Waals surface area (Å²) in [5.74, 6) is 0.897. The number of hydrogen-bond donors (Lipinski definition) is 1. The molecule has 0 atom stereocenters. The number of nitrogens with one attached hydrogen (secondary N) is 1. The van der Waals surface area contributed by atoms with Crippen LogP contribution in [0.4, 0.5) is 10.5 Å². The topological polar surface area (TPSA) is 50.8 Å². The lowest BCUT2D eigenvalue weighted by Gasteiger charge is -2.26. The summed E-state index contributed by atoms with van der Waals surface area (Å²) in [6.45, 7) is 14.7. The van der Waals surface area contributed by atoms with E-state index in [1.165, 1.54) is 11.1 Å². The van der Waals surface area contributed by atoms with Crippen LogP contribution < -0.4 is 10.1 Å². The van der Waals surface area contributed by atoms with Crippen molar-refractivity contribution in [2.45, 2.75) is 46.1 Å². The minimum atomic E-state index is -0.476. The zero-order chi connectivity index (χ0) is 18.2. The van der Waals surface area contributed by atoms with Gasteiger partial charge in [0.15, 0.2) is 0 Å². The average molecular weight is 344 g/mol. The molecule has 0 aromatic heterocycles. The fourth-order valence-corrected chi connectivity index (χ4v) is 3.48. The van der Waals surface area contributed by atoms with Gasteiger partial charge in [-0.05, 0) is 63.3 Å². The van der Waals surface area contributed by atoms with Gasteiger partial charge in [-0.25, -0.2) is 4.79 Å². The standard InChI is InChI=1S/C20H28N2O3/c1-13(2)17-15-7-10-22(19(23)25-20(3,4)5)9-6-14(15)12-16-18(17)21-8-11-24-16/h12,21H,1,6-11H2,2-5H3. The van der Waals surface area contributed by atoms with Crippen molar-refractivity contribution < 1.29 is 14.3 Å². The van der Waals surface area contributed by atoms with Crippen molar-refractivity contribution in [1.29, 1.82) is 0 Å². The molecule has 1 aromatic carbocycles. The molecule has 1 aromatic rings. The normalized spacial score (nSPS) is 16.7. The second kappa shape index (κ2) is 6.62. The molecule has 2 aliphatic heterocycles. The van der Waals surface area contributed by atoms with Crippen LogP contribution in [-0.4, -0.2) is 42.8 Å². The summed E-state index contributed by atoms with van der Waals surface area (Å²) in [6, 6.07) is 2.13. The smallest absolute Gasteiger partial charge is 0.410 e. The molecule has 5 nitrogen and oxygen atoms in total. The van der Waals surface area contributed by atoms with E-state index in [1.54, 1.807) is 4.90 Å². The number of anilines is 1. The zero-order valence-electron chi connectivity index (χ0n) is 15.7. The molecule has 5 heteroatoms. The summed E-state index contributed by atoms with van der Waals surface area (Å²) >= 11 is 0. The predicted octanol–water partition coefficient (Wildman–Crippen LogP) is 3.86. The molecular formula is C20H28N2O3. The van der Waals surface area contributed by atoms with Crippen LogP contribution >= 0.6 is 0 Å². The van der Waals surface area contributed by atoms with Crippen molar-refractivity contribution in [2.75, 3.05) is 31.6 Å². The maximum Gasteiger partial charge on any atom is 0.410 e. The Hall–Kier alpha value is -2.17.